The summed E-state index contributed by atoms with van der Waals surface area (Å²) in [4.78, 5) is 21.5. The summed E-state index contributed by atoms with van der Waals surface area (Å²) in [7, 11) is 0. The first-order chi connectivity index (χ1) is 8.97. The Bertz CT molecular complexity index is 472. The van der Waals surface area contributed by atoms with Crippen LogP contribution < -0.4 is 4.74 Å². The number of hydrogen-bond acceptors (Lipinski definition) is 4. The first-order valence-corrected chi connectivity index (χ1v) is 6.10. The van der Waals surface area contributed by atoms with Gasteiger partial charge in [-0.3, -0.25) is 10.1 Å². The number of nitrogens with zero attached hydrogens (tertiary/aromatic N) is 1. The average Bonchev–Trinajstić information content (AvgIpc) is 2.33. The first-order valence-electron chi connectivity index (χ1n) is 6.10. The van der Waals surface area contributed by atoms with Crippen molar-refractivity contribution in [1.82, 2.24) is 0 Å². The molecule has 0 fully saturated rings. The van der Waals surface area contributed by atoms with Gasteiger partial charge in [0.1, 0.15) is 0 Å². The fraction of sp³-hybridized carbons (Fsp3) is 0.462. The van der Waals surface area contributed by atoms with Crippen molar-refractivity contribution in [2.24, 2.45) is 0 Å². The number of nitro groups is 1. The van der Waals surface area contributed by atoms with Gasteiger partial charge in [-0.15, -0.1) is 0 Å². The van der Waals surface area contributed by atoms with Crippen molar-refractivity contribution >= 4 is 11.7 Å². The van der Waals surface area contributed by atoms with Crippen LogP contribution in [0.1, 0.15) is 31.7 Å². The van der Waals surface area contributed by atoms with E-state index in [9.17, 15) is 14.9 Å². The smallest absolute Gasteiger partial charge is 0.344 e. The Morgan fingerprint density at radius 1 is 1.53 bits per heavy atom. The Hall–Kier alpha value is -2.11. The molecule has 0 heterocycles. The summed E-state index contributed by atoms with van der Waals surface area (Å²) in [6.45, 7) is 3.53. The van der Waals surface area contributed by atoms with E-state index in [1.165, 1.54) is 6.07 Å². The zero-order chi connectivity index (χ0) is 14.4. The molecule has 0 spiro atoms. The fourth-order valence-electron chi connectivity index (χ4n) is 1.74. The van der Waals surface area contributed by atoms with E-state index in [0.29, 0.717) is 18.4 Å². The van der Waals surface area contributed by atoms with Crippen molar-refractivity contribution < 1.29 is 19.6 Å². The molecule has 1 rings (SSSR count). The van der Waals surface area contributed by atoms with E-state index in [1.807, 2.05) is 6.92 Å². The van der Waals surface area contributed by atoms with Gasteiger partial charge < -0.3 is 9.84 Å². The van der Waals surface area contributed by atoms with Crippen LogP contribution in [0, 0.1) is 17.0 Å². The second-order valence-corrected chi connectivity index (χ2v) is 4.27. The van der Waals surface area contributed by atoms with Crippen molar-refractivity contribution in [2.45, 2.75) is 39.2 Å². The molecule has 0 aliphatic rings. The summed E-state index contributed by atoms with van der Waals surface area (Å²) in [6, 6.07) is 4.62. The average molecular weight is 267 g/mol. The number of rotatable bonds is 7. The van der Waals surface area contributed by atoms with E-state index in [4.69, 9.17) is 9.84 Å². The molecule has 1 atom stereocenters. The van der Waals surface area contributed by atoms with Crippen molar-refractivity contribution in [1.29, 1.82) is 0 Å². The SMILES string of the molecule is CCCCC(Oc1cccc(C)c1[N+](=O)[O-])C(=O)O. The molecule has 0 aliphatic heterocycles. The van der Waals surface area contributed by atoms with Crippen LogP contribution in [0.2, 0.25) is 0 Å². The number of carboxylic acid groups (broad SMARTS) is 1. The first kappa shape index (κ1) is 14.9. The zero-order valence-corrected chi connectivity index (χ0v) is 11.0. The number of benzene rings is 1. The van der Waals surface area contributed by atoms with Gasteiger partial charge >= 0.3 is 11.7 Å². The molecule has 1 aromatic carbocycles. The van der Waals surface area contributed by atoms with Gasteiger partial charge in [-0.25, -0.2) is 4.79 Å². The minimum absolute atomic E-state index is 0.00787. The maximum absolute atomic E-state index is 11.1. The normalized spacial score (nSPS) is 11.9. The lowest BCUT2D eigenvalue weighted by atomic mass is 10.1. The minimum atomic E-state index is -1.11. The highest BCUT2D eigenvalue weighted by molar-refractivity contribution is 5.73. The molecule has 6 heteroatoms. The largest absolute Gasteiger partial charge is 0.479 e. The summed E-state index contributed by atoms with van der Waals surface area (Å²) < 4.78 is 5.31. The standard InChI is InChI=1S/C13H17NO5/c1-3-4-7-11(13(15)16)19-10-8-5-6-9(2)12(10)14(17)18/h5-6,8,11H,3-4,7H2,1-2H3,(H,15,16). The van der Waals surface area contributed by atoms with E-state index in [1.54, 1.807) is 19.1 Å². The second kappa shape index (κ2) is 6.72. The topological polar surface area (TPSA) is 89.7 Å². The van der Waals surface area contributed by atoms with Gasteiger partial charge in [0.2, 0.25) is 0 Å². The van der Waals surface area contributed by atoms with Crippen LogP contribution in [0.5, 0.6) is 5.75 Å². The highest BCUT2D eigenvalue weighted by Gasteiger charge is 2.25. The molecule has 0 saturated heterocycles. The highest BCUT2D eigenvalue weighted by Crippen LogP contribution is 2.31. The molecular weight excluding hydrogens is 250 g/mol. The molecule has 0 radical (unpaired) electrons. The van der Waals surface area contributed by atoms with E-state index in [2.05, 4.69) is 0 Å². The van der Waals surface area contributed by atoms with Gasteiger partial charge in [0.25, 0.3) is 0 Å². The van der Waals surface area contributed by atoms with Crippen LogP contribution in [0.15, 0.2) is 18.2 Å². The predicted molar refractivity (Wildman–Crippen MR) is 69.4 cm³/mol. The van der Waals surface area contributed by atoms with E-state index >= 15 is 0 Å². The van der Waals surface area contributed by atoms with Crippen LogP contribution in [-0.2, 0) is 4.79 Å². The van der Waals surface area contributed by atoms with Crippen LogP contribution >= 0.6 is 0 Å². The Labute approximate surface area is 111 Å². The summed E-state index contributed by atoms with van der Waals surface area (Å²) in [5.74, 6) is -1.10. The lowest BCUT2D eigenvalue weighted by molar-refractivity contribution is -0.386. The lowest BCUT2D eigenvalue weighted by Crippen LogP contribution is -2.27. The Kier molecular flexibility index (Phi) is 5.29. The Balaban J connectivity index is 2.99. The number of carboxylic acids is 1. The van der Waals surface area contributed by atoms with Crippen LogP contribution in [0.3, 0.4) is 0 Å². The number of aliphatic carboxylic acids is 1. The van der Waals surface area contributed by atoms with Crippen LogP contribution in [0.25, 0.3) is 0 Å². The molecular formula is C13H17NO5. The summed E-state index contributed by atoms with van der Waals surface area (Å²) in [5, 5.41) is 20.1. The number of nitro benzene ring substituents is 1. The molecule has 6 nitrogen and oxygen atoms in total. The Morgan fingerprint density at radius 2 is 2.21 bits per heavy atom. The molecule has 0 amide bonds. The number of carbonyl (C=O) groups is 1. The summed E-state index contributed by atoms with van der Waals surface area (Å²) >= 11 is 0. The van der Waals surface area contributed by atoms with E-state index in [-0.39, 0.29) is 11.4 Å². The summed E-state index contributed by atoms with van der Waals surface area (Å²) in [6.07, 6.45) is 0.803. The quantitative estimate of drug-likeness (QED) is 0.606. The van der Waals surface area contributed by atoms with Crippen molar-refractivity contribution in [3.63, 3.8) is 0 Å². The third-order valence-electron chi connectivity index (χ3n) is 2.75. The molecule has 0 saturated carbocycles. The highest BCUT2D eigenvalue weighted by atomic mass is 16.6. The number of unbranched alkanes of at least 4 members (excludes halogenated alkanes) is 1. The molecule has 0 bridgehead atoms. The molecule has 104 valence electrons. The molecule has 1 aromatic rings. The third-order valence-corrected chi connectivity index (χ3v) is 2.75. The van der Waals surface area contributed by atoms with Gasteiger partial charge in [0, 0.05) is 5.56 Å². The maximum atomic E-state index is 11.1. The third kappa shape index (κ3) is 3.94. The van der Waals surface area contributed by atoms with Crippen LogP contribution in [-0.4, -0.2) is 22.1 Å². The zero-order valence-electron chi connectivity index (χ0n) is 11.0. The van der Waals surface area contributed by atoms with E-state index in [0.717, 1.165) is 6.42 Å². The summed E-state index contributed by atoms with van der Waals surface area (Å²) in [5.41, 5.74) is 0.271. The predicted octanol–water partition coefficient (Wildman–Crippen LogP) is 2.93. The van der Waals surface area contributed by atoms with Crippen molar-refractivity contribution in [3.8, 4) is 5.75 Å². The van der Waals surface area contributed by atoms with Crippen molar-refractivity contribution in [2.75, 3.05) is 0 Å². The number of ether oxygens (including phenoxy) is 1. The maximum Gasteiger partial charge on any atom is 0.344 e. The van der Waals surface area contributed by atoms with Crippen LogP contribution in [0.4, 0.5) is 5.69 Å². The number of aryl methyl sites for hydroxylation is 1. The van der Waals surface area contributed by atoms with E-state index < -0.39 is 17.0 Å². The number of hydrogen-bond donors (Lipinski definition) is 1. The van der Waals surface area contributed by atoms with Gasteiger partial charge in [-0.05, 0) is 25.8 Å². The second-order valence-electron chi connectivity index (χ2n) is 4.27. The molecule has 1 unspecified atom stereocenters. The minimum Gasteiger partial charge on any atom is -0.479 e. The molecule has 0 aromatic heterocycles. The molecule has 19 heavy (non-hydrogen) atoms. The van der Waals surface area contributed by atoms with Gasteiger partial charge in [0.05, 0.1) is 4.92 Å². The number of para-hydroxylation sites is 1. The van der Waals surface area contributed by atoms with Gasteiger partial charge in [-0.1, -0.05) is 25.5 Å². The molecule has 0 aliphatic carbocycles. The van der Waals surface area contributed by atoms with Gasteiger partial charge in [-0.2, -0.15) is 0 Å². The monoisotopic (exact) mass is 267 g/mol. The fourth-order valence-corrected chi connectivity index (χ4v) is 1.74. The lowest BCUT2D eigenvalue weighted by Gasteiger charge is -2.15. The van der Waals surface area contributed by atoms with Gasteiger partial charge in [0.15, 0.2) is 11.9 Å². The molecule has 1 N–H and O–H groups in total. The van der Waals surface area contributed by atoms with Crippen molar-refractivity contribution in [3.05, 3.63) is 33.9 Å². The Morgan fingerprint density at radius 3 is 2.74 bits per heavy atom.